The van der Waals surface area contributed by atoms with E-state index < -0.39 is 33.4 Å². The van der Waals surface area contributed by atoms with Crippen LogP contribution in [0.15, 0.2) is 0 Å². The molecule has 0 radical (unpaired) electrons. The van der Waals surface area contributed by atoms with Gasteiger partial charge in [0, 0.05) is 5.41 Å². The zero-order valence-electron chi connectivity index (χ0n) is 9.43. The maximum Gasteiger partial charge on any atom is 0.465 e. The Hall–Kier alpha value is -0.800. The van der Waals surface area contributed by atoms with Gasteiger partial charge >= 0.3 is 21.3 Å². The van der Waals surface area contributed by atoms with Crippen molar-refractivity contribution in [3.63, 3.8) is 0 Å². The van der Waals surface area contributed by atoms with Gasteiger partial charge in [0.25, 0.3) is 0 Å². The van der Waals surface area contributed by atoms with Crippen LogP contribution >= 0.6 is 0 Å². The first-order chi connectivity index (χ1) is 8.15. The third-order valence-electron chi connectivity index (χ3n) is 3.07. The Balaban J connectivity index is 2.66. The van der Waals surface area contributed by atoms with Crippen LogP contribution in [-0.4, -0.2) is 42.5 Å². The van der Waals surface area contributed by atoms with Crippen LogP contribution in [0.3, 0.4) is 0 Å². The Kier molecular flexibility index (Phi) is 4.29. The van der Waals surface area contributed by atoms with E-state index >= 15 is 0 Å². The predicted octanol–water partition coefficient (Wildman–Crippen LogP) is 0.563. The van der Waals surface area contributed by atoms with Gasteiger partial charge in [0.1, 0.15) is 0 Å². The summed E-state index contributed by atoms with van der Waals surface area (Å²) in [4.78, 5) is 10.9. The molecule has 1 saturated carbocycles. The van der Waals surface area contributed by atoms with Crippen LogP contribution < -0.4 is 0 Å². The zero-order valence-corrected chi connectivity index (χ0v) is 10.3. The molecular formula is C9H14F2O6S. The maximum absolute atomic E-state index is 12.9. The second kappa shape index (κ2) is 5.06. The number of aliphatic hydroxyl groups is 1. The lowest BCUT2D eigenvalue weighted by Crippen LogP contribution is -2.41. The van der Waals surface area contributed by atoms with Crippen molar-refractivity contribution in [2.24, 2.45) is 5.41 Å². The lowest BCUT2D eigenvalue weighted by atomic mass is 9.88. The normalized spacial score (nSPS) is 19.8. The number of rotatable bonds is 5. The third-order valence-corrected chi connectivity index (χ3v) is 3.89. The summed E-state index contributed by atoms with van der Waals surface area (Å²) in [6.07, 6.45) is 2.56. The Bertz CT molecular complexity index is 413. The van der Waals surface area contributed by atoms with Crippen molar-refractivity contribution in [1.29, 1.82) is 0 Å². The highest BCUT2D eigenvalue weighted by atomic mass is 32.2. The average molecular weight is 288 g/mol. The third kappa shape index (κ3) is 2.96. The first-order valence-electron chi connectivity index (χ1n) is 5.28. The molecule has 0 aromatic carbocycles. The summed E-state index contributed by atoms with van der Waals surface area (Å²) < 4.78 is 58.7. The minimum absolute atomic E-state index is 0.336. The number of ether oxygens (including phenoxy) is 1. The van der Waals surface area contributed by atoms with E-state index in [9.17, 15) is 22.0 Å². The molecule has 9 heteroatoms. The van der Waals surface area contributed by atoms with E-state index in [0.29, 0.717) is 12.8 Å². The van der Waals surface area contributed by atoms with Crippen LogP contribution in [-0.2, 0) is 19.6 Å². The quantitative estimate of drug-likeness (QED) is 0.566. The van der Waals surface area contributed by atoms with Gasteiger partial charge in [0.05, 0.1) is 13.2 Å². The number of carbonyl (C=O) groups is 1. The molecule has 1 aliphatic carbocycles. The Morgan fingerprint density at radius 2 is 1.83 bits per heavy atom. The van der Waals surface area contributed by atoms with E-state index in [-0.39, 0.29) is 6.61 Å². The van der Waals surface area contributed by atoms with Crippen LogP contribution in [0.4, 0.5) is 8.78 Å². The molecule has 0 bridgehead atoms. The molecule has 0 unspecified atom stereocenters. The molecule has 0 atom stereocenters. The smallest absolute Gasteiger partial charge is 0.460 e. The highest BCUT2D eigenvalue weighted by Gasteiger charge is 2.54. The molecule has 1 rings (SSSR count). The summed E-state index contributed by atoms with van der Waals surface area (Å²) in [6.45, 7) is -0.828. The number of aliphatic hydroxyl groups excluding tert-OH is 1. The molecule has 1 aliphatic rings. The number of esters is 1. The fourth-order valence-corrected chi connectivity index (χ4v) is 2.15. The van der Waals surface area contributed by atoms with Crippen LogP contribution in [0.5, 0.6) is 0 Å². The summed E-state index contributed by atoms with van der Waals surface area (Å²) in [5, 5.41) is 4.16. The van der Waals surface area contributed by atoms with Crippen LogP contribution in [0.2, 0.25) is 0 Å². The van der Waals surface area contributed by atoms with Crippen molar-refractivity contribution in [2.45, 2.75) is 30.9 Å². The van der Waals surface area contributed by atoms with Crippen LogP contribution in [0.1, 0.15) is 25.7 Å². The molecule has 0 heterocycles. The van der Waals surface area contributed by atoms with Crippen molar-refractivity contribution in [3.05, 3.63) is 0 Å². The Labute approximate surface area is 103 Å². The van der Waals surface area contributed by atoms with Crippen LogP contribution in [0, 0.1) is 5.41 Å². The number of halogens is 2. The molecule has 106 valence electrons. The lowest BCUT2D eigenvalue weighted by molar-refractivity contribution is -0.166. The number of alkyl halides is 2. The van der Waals surface area contributed by atoms with Crippen LogP contribution in [0.25, 0.3) is 0 Å². The monoisotopic (exact) mass is 288 g/mol. The first-order valence-corrected chi connectivity index (χ1v) is 6.72. The maximum atomic E-state index is 12.9. The summed E-state index contributed by atoms with van der Waals surface area (Å²) in [7, 11) is -5.84. The van der Waals surface area contributed by atoms with Gasteiger partial charge in [-0.1, -0.05) is 12.8 Å². The van der Waals surface area contributed by atoms with E-state index in [4.69, 9.17) is 9.66 Å². The van der Waals surface area contributed by atoms with E-state index in [1.54, 1.807) is 0 Å². The van der Waals surface area contributed by atoms with Gasteiger partial charge in [-0.3, -0.25) is 4.55 Å². The molecular weight excluding hydrogens is 274 g/mol. The van der Waals surface area contributed by atoms with E-state index in [2.05, 4.69) is 4.74 Å². The van der Waals surface area contributed by atoms with Gasteiger partial charge in [-0.15, -0.1) is 0 Å². The van der Waals surface area contributed by atoms with Gasteiger partial charge in [0.2, 0.25) is 0 Å². The average Bonchev–Trinajstić information content (AvgIpc) is 2.73. The molecule has 18 heavy (non-hydrogen) atoms. The molecule has 0 aliphatic heterocycles. The fourth-order valence-electron chi connectivity index (χ4n) is 1.88. The number of hydrogen-bond acceptors (Lipinski definition) is 5. The number of carbonyl (C=O) groups excluding carboxylic acids is 1. The fraction of sp³-hybridized carbons (Fsp3) is 0.889. The van der Waals surface area contributed by atoms with Gasteiger partial charge in [0.15, 0.2) is 0 Å². The molecule has 0 aromatic rings. The topological polar surface area (TPSA) is 101 Å². The summed E-state index contributed by atoms with van der Waals surface area (Å²) >= 11 is 0. The highest BCUT2D eigenvalue weighted by molar-refractivity contribution is 7.87. The Morgan fingerprint density at radius 3 is 2.22 bits per heavy atom. The van der Waals surface area contributed by atoms with Gasteiger partial charge in [-0.05, 0) is 12.8 Å². The summed E-state index contributed by atoms with van der Waals surface area (Å²) in [5.74, 6) is -2.33. The van der Waals surface area contributed by atoms with Crippen molar-refractivity contribution >= 4 is 16.1 Å². The Morgan fingerprint density at radius 1 is 1.33 bits per heavy atom. The van der Waals surface area contributed by atoms with E-state index in [1.165, 1.54) is 0 Å². The first kappa shape index (κ1) is 15.3. The van der Waals surface area contributed by atoms with Crippen molar-refractivity contribution in [2.75, 3.05) is 13.2 Å². The van der Waals surface area contributed by atoms with Gasteiger partial charge < -0.3 is 9.84 Å². The van der Waals surface area contributed by atoms with Crippen molar-refractivity contribution in [1.82, 2.24) is 0 Å². The predicted molar refractivity (Wildman–Crippen MR) is 55.4 cm³/mol. The van der Waals surface area contributed by atoms with Crippen molar-refractivity contribution < 1.29 is 36.4 Å². The largest absolute Gasteiger partial charge is 0.465 e. The molecule has 0 spiro atoms. The lowest BCUT2D eigenvalue weighted by Gasteiger charge is -2.26. The molecule has 6 nitrogen and oxygen atoms in total. The molecule has 1 fully saturated rings. The SMILES string of the molecule is O=C(OCC1(CO)CCCC1)C(F)(F)S(=O)(=O)O. The van der Waals surface area contributed by atoms with Crippen molar-refractivity contribution in [3.8, 4) is 0 Å². The minimum atomic E-state index is -5.84. The molecule has 0 aromatic heterocycles. The van der Waals surface area contributed by atoms with E-state index in [0.717, 1.165) is 12.8 Å². The summed E-state index contributed by atoms with van der Waals surface area (Å²) in [5.41, 5.74) is -0.787. The highest BCUT2D eigenvalue weighted by Crippen LogP contribution is 2.38. The second-order valence-electron chi connectivity index (χ2n) is 4.43. The molecule has 2 N–H and O–H groups in total. The van der Waals surface area contributed by atoms with E-state index in [1.807, 2.05) is 0 Å². The number of hydrogen-bond donors (Lipinski definition) is 2. The second-order valence-corrected chi connectivity index (χ2v) is 5.90. The standard InChI is InChI=1S/C9H14F2O6S/c10-9(11,18(14,15)16)7(13)17-6-8(5-12)3-1-2-4-8/h12H,1-6H2,(H,14,15,16). The molecule has 0 amide bonds. The zero-order chi connectivity index (χ0) is 14.0. The molecule has 0 saturated heterocycles. The van der Waals surface area contributed by atoms with Gasteiger partial charge in [-0.25, -0.2) is 4.79 Å². The minimum Gasteiger partial charge on any atom is -0.460 e. The van der Waals surface area contributed by atoms with Gasteiger partial charge in [-0.2, -0.15) is 17.2 Å². The summed E-state index contributed by atoms with van der Waals surface area (Å²) in [6, 6.07) is 0.